The van der Waals surface area contributed by atoms with Crippen molar-refractivity contribution in [3.05, 3.63) is 12.3 Å². The van der Waals surface area contributed by atoms with Crippen LogP contribution in [0.1, 0.15) is 27.2 Å². The Balaban J connectivity index is 1.94. The molecule has 1 saturated carbocycles. The lowest BCUT2D eigenvalue weighted by molar-refractivity contribution is -0.0976. The lowest BCUT2D eigenvalue weighted by Crippen LogP contribution is -2.58. The third-order valence-corrected chi connectivity index (χ3v) is 3.58. The number of nitrogens with zero attached hydrogens (tertiary/aromatic N) is 2. The van der Waals surface area contributed by atoms with Crippen molar-refractivity contribution in [2.75, 3.05) is 11.9 Å². The first-order valence-corrected chi connectivity index (χ1v) is 5.92. The molecule has 0 bridgehead atoms. The van der Waals surface area contributed by atoms with Gasteiger partial charge in [0.1, 0.15) is 5.82 Å². The molecule has 2 unspecified atom stereocenters. The van der Waals surface area contributed by atoms with Crippen molar-refractivity contribution in [2.24, 2.45) is 12.5 Å². The maximum absolute atomic E-state index is 5.70. The number of anilines is 1. The third kappa shape index (κ3) is 1.94. The van der Waals surface area contributed by atoms with Crippen molar-refractivity contribution in [3.63, 3.8) is 0 Å². The molecule has 0 amide bonds. The predicted molar refractivity (Wildman–Crippen MR) is 64.4 cm³/mol. The van der Waals surface area contributed by atoms with Gasteiger partial charge in [0.05, 0.1) is 6.10 Å². The van der Waals surface area contributed by atoms with E-state index in [0.29, 0.717) is 12.1 Å². The van der Waals surface area contributed by atoms with E-state index in [1.165, 1.54) is 0 Å². The molecule has 0 saturated heterocycles. The molecule has 0 aliphatic heterocycles. The van der Waals surface area contributed by atoms with Crippen LogP contribution in [-0.4, -0.2) is 28.5 Å². The molecular formula is C12H21N3O. The minimum absolute atomic E-state index is 0.188. The second-order valence-corrected chi connectivity index (χ2v) is 5.07. The zero-order chi connectivity index (χ0) is 11.8. The van der Waals surface area contributed by atoms with Crippen molar-refractivity contribution in [3.8, 4) is 0 Å². The van der Waals surface area contributed by atoms with Gasteiger partial charge in [-0.1, -0.05) is 13.8 Å². The highest BCUT2D eigenvalue weighted by Crippen LogP contribution is 2.44. The summed E-state index contributed by atoms with van der Waals surface area (Å²) in [5, 5.41) is 7.80. The number of hydrogen-bond acceptors (Lipinski definition) is 3. The van der Waals surface area contributed by atoms with Gasteiger partial charge >= 0.3 is 0 Å². The van der Waals surface area contributed by atoms with E-state index >= 15 is 0 Å². The van der Waals surface area contributed by atoms with Crippen LogP contribution in [0, 0.1) is 5.41 Å². The van der Waals surface area contributed by atoms with Crippen molar-refractivity contribution in [1.29, 1.82) is 0 Å². The Bertz CT molecular complexity index is 359. The lowest BCUT2D eigenvalue weighted by Gasteiger charge is -2.51. The standard InChI is InChI=1S/C12H21N3O/c1-5-16-10-8-9(12(10,2)3)13-11-6-7-15(4)14-11/h6-7,9-10H,5,8H2,1-4H3,(H,13,14). The summed E-state index contributed by atoms with van der Waals surface area (Å²) in [5.74, 6) is 0.954. The van der Waals surface area contributed by atoms with E-state index < -0.39 is 0 Å². The number of aromatic nitrogens is 2. The van der Waals surface area contributed by atoms with Gasteiger partial charge in [0.15, 0.2) is 0 Å². The monoisotopic (exact) mass is 223 g/mol. The van der Waals surface area contributed by atoms with E-state index in [0.717, 1.165) is 18.8 Å². The van der Waals surface area contributed by atoms with Crippen LogP contribution in [0.25, 0.3) is 0 Å². The molecule has 16 heavy (non-hydrogen) atoms. The number of ether oxygens (including phenoxy) is 1. The smallest absolute Gasteiger partial charge is 0.148 e. The lowest BCUT2D eigenvalue weighted by atomic mass is 9.64. The Morgan fingerprint density at radius 2 is 2.38 bits per heavy atom. The quantitative estimate of drug-likeness (QED) is 0.849. The maximum Gasteiger partial charge on any atom is 0.148 e. The largest absolute Gasteiger partial charge is 0.378 e. The van der Waals surface area contributed by atoms with E-state index in [9.17, 15) is 0 Å². The van der Waals surface area contributed by atoms with Crippen LogP contribution in [0.3, 0.4) is 0 Å². The van der Waals surface area contributed by atoms with Crippen LogP contribution in [0.4, 0.5) is 5.82 Å². The molecule has 1 aromatic rings. The van der Waals surface area contributed by atoms with Gasteiger partial charge in [-0.25, -0.2) is 0 Å². The molecule has 0 spiro atoms. The van der Waals surface area contributed by atoms with Gasteiger partial charge < -0.3 is 10.1 Å². The van der Waals surface area contributed by atoms with Crippen molar-refractivity contribution >= 4 is 5.82 Å². The minimum atomic E-state index is 0.188. The van der Waals surface area contributed by atoms with Crippen molar-refractivity contribution < 1.29 is 4.74 Å². The van der Waals surface area contributed by atoms with Crippen LogP contribution in [0.5, 0.6) is 0 Å². The molecule has 1 aromatic heterocycles. The molecule has 2 atom stereocenters. The number of nitrogens with one attached hydrogen (secondary N) is 1. The summed E-state index contributed by atoms with van der Waals surface area (Å²) < 4.78 is 7.51. The molecule has 4 nitrogen and oxygen atoms in total. The molecule has 0 aromatic carbocycles. The Labute approximate surface area is 97.0 Å². The van der Waals surface area contributed by atoms with Crippen molar-refractivity contribution in [2.45, 2.75) is 39.3 Å². The highest BCUT2D eigenvalue weighted by atomic mass is 16.5. The van der Waals surface area contributed by atoms with E-state index in [2.05, 4.69) is 31.2 Å². The zero-order valence-corrected chi connectivity index (χ0v) is 10.5. The average molecular weight is 223 g/mol. The number of rotatable bonds is 4. The fourth-order valence-corrected chi connectivity index (χ4v) is 2.28. The SMILES string of the molecule is CCOC1CC(Nc2ccn(C)n2)C1(C)C. The number of aryl methyl sites for hydroxylation is 1. The highest BCUT2D eigenvalue weighted by molar-refractivity contribution is 5.36. The molecule has 0 radical (unpaired) electrons. The molecule has 90 valence electrons. The first-order chi connectivity index (χ1) is 7.54. The molecule has 1 aliphatic rings. The van der Waals surface area contributed by atoms with Gasteiger partial charge in [-0.15, -0.1) is 0 Å². The van der Waals surface area contributed by atoms with Crippen molar-refractivity contribution in [1.82, 2.24) is 9.78 Å². The first-order valence-electron chi connectivity index (χ1n) is 5.92. The van der Waals surface area contributed by atoms with E-state index in [1.54, 1.807) is 0 Å². The first kappa shape index (κ1) is 11.5. The Morgan fingerprint density at radius 3 is 2.88 bits per heavy atom. The van der Waals surface area contributed by atoms with Gasteiger partial charge in [0.2, 0.25) is 0 Å². The fraction of sp³-hybridized carbons (Fsp3) is 0.750. The van der Waals surface area contributed by atoms with E-state index in [4.69, 9.17) is 4.74 Å². The van der Waals surface area contributed by atoms with Crippen LogP contribution < -0.4 is 5.32 Å². The van der Waals surface area contributed by atoms with E-state index in [1.807, 2.05) is 24.0 Å². The topological polar surface area (TPSA) is 39.1 Å². The van der Waals surface area contributed by atoms with Gasteiger partial charge in [-0.05, 0) is 13.3 Å². The fourth-order valence-electron chi connectivity index (χ4n) is 2.28. The van der Waals surface area contributed by atoms with Gasteiger partial charge in [0, 0.05) is 37.4 Å². The van der Waals surface area contributed by atoms with Gasteiger partial charge in [-0.3, -0.25) is 4.68 Å². The Morgan fingerprint density at radius 1 is 1.62 bits per heavy atom. The number of hydrogen-bond donors (Lipinski definition) is 1. The van der Waals surface area contributed by atoms with Gasteiger partial charge in [0.25, 0.3) is 0 Å². The molecule has 1 N–H and O–H groups in total. The average Bonchev–Trinajstić information content (AvgIpc) is 2.63. The predicted octanol–water partition coefficient (Wildman–Crippen LogP) is 2.04. The summed E-state index contributed by atoms with van der Waals surface area (Å²) in [5.41, 5.74) is 0.188. The third-order valence-electron chi connectivity index (χ3n) is 3.58. The summed E-state index contributed by atoms with van der Waals surface area (Å²) in [6.07, 6.45) is 3.39. The zero-order valence-electron chi connectivity index (χ0n) is 10.5. The molecule has 1 aliphatic carbocycles. The van der Waals surface area contributed by atoms with E-state index in [-0.39, 0.29) is 5.41 Å². The summed E-state index contributed by atoms with van der Waals surface area (Å²) in [6, 6.07) is 2.46. The molecule has 1 heterocycles. The van der Waals surface area contributed by atoms with Crippen LogP contribution in [-0.2, 0) is 11.8 Å². The van der Waals surface area contributed by atoms with Crippen LogP contribution in [0.15, 0.2) is 12.3 Å². The van der Waals surface area contributed by atoms with Gasteiger partial charge in [-0.2, -0.15) is 5.10 Å². The molecule has 2 rings (SSSR count). The summed E-state index contributed by atoms with van der Waals surface area (Å²) >= 11 is 0. The van der Waals surface area contributed by atoms with Crippen LogP contribution >= 0.6 is 0 Å². The summed E-state index contributed by atoms with van der Waals surface area (Å²) in [4.78, 5) is 0. The second kappa shape index (κ2) is 4.09. The second-order valence-electron chi connectivity index (χ2n) is 5.07. The molecule has 4 heteroatoms. The summed E-state index contributed by atoms with van der Waals surface area (Å²) in [7, 11) is 1.93. The highest BCUT2D eigenvalue weighted by Gasteiger charge is 2.49. The Kier molecular flexibility index (Phi) is 2.93. The normalized spacial score (nSPS) is 27.5. The Hall–Kier alpha value is -1.03. The van der Waals surface area contributed by atoms with Crippen LogP contribution in [0.2, 0.25) is 0 Å². The summed E-state index contributed by atoms with van der Waals surface area (Å²) in [6.45, 7) is 7.34. The molecular weight excluding hydrogens is 202 g/mol. The molecule has 1 fully saturated rings. The maximum atomic E-state index is 5.70. The minimum Gasteiger partial charge on any atom is -0.378 e.